The van der Waals surface area contributed by atoms with E-state index in [0.29, 0.717) is 21.5 Å². The minimum absolute atomic E-state index is 0.374. The smallest absolute Gasteiger partial charge is 0.334 e. The van der Waals surface area contributed by atoms with Crippen molar-refractivity contribution in [3.8, 4) is 11.5 Å². The molecule has 8 heteroatoms. The zero-order valence-electron chi connectivity index (χ0n) is 15.1. The summed E-state index contributed by atoms with van der Waals surface area (Å²) in [7, 11) is 0. The Morgan fingerprint density at radius 1 is 0.750 bits per heavy atom. The van der Waals surface area contributed by atoms with Gasteiger partial charge in [0, 0.05) is 26.0 Å². The standard InChI is InChI=1S/C20H18Cl2O6/c1-13(25-17-9-5-3-7-15(17)21)27-19(23)11-12-20(24)28-14(2)26-18-10-6-4-8-16(18)22/h3-14H,1-2H3. The molecule has 6 nitrogen and oxygen atoms in total. The molecule has 2 atom stereocenters. The molecular formula is C20H18Cl2O6. The van der Waals surface area contributed by atoms with E-state index in [1.807, 2.05) is 0 Å². The molecular weight excluding hydrogens is 407 g/mol. The summed E-state index contributed by atoms with van der Waals surface area (Å²) in [5.74, 6) is -0.816. The molecule has 28 heavy (non-hydrogen) atoms. The molecule has 0 aliphatic heterocycles. The topological polar surface area (TPSA) is 71.1 Å². The number of halogens is 2. The lowest BCUT2D eigenvalue weighted by Gasteiger charge is -2.15. The molecule has 0 heterocycles. The number of rotatable bonds is 8. The first-order chi connectivity index (χ1) is 13.3. The lowest BCUT2D eigenvalue weighted by molar-refractivity contribution is -0.158. The Hall–Kier alpha value is -2.70. The monoisotopic (exact) mass is 424 g/mol. The van der Waals surface area contributed by atoms with E-state index < -0.39 is 24.5 Å². The van der Waals surface area contributed by atoms with Crippen molar-refractivity contribution in [2.45, 2.75) is 26.4 Å². The zero-order valence-corrected chi connectivity index (χ0v) is 16.6. The summed E-state index contributed by atoms with van der Waals surface area (Å²) in [4.78, 5) is 23.6. The van der Waals surface area contributed by atoms with Crippen LogP contribution < -0.4 is 9.47 Å². The van der Waals surface area contributed by atoms with E-state index in [0.717, 1.165) is 12.2 Å². The third-order valence-electron chi connectivity index (χ3n) is 3.18. The highest BCUT2D eigenvalue weighted by Crippen LogP contribution is 2.25. The summed E-state index contributed by atoms with van der Waals surface area (Å²) in [5.41, 5.74) is 0. The Morgan fingerprint density at radius 3 is 1.46 bits per heavy atom. The molecule has 0 bridgehead atoms. The Bertz CT molecular complexity index is 783. The second-order valence-electron chi connectivity index (χ2n) is 5.44. The van der Waals surface area contributed by atoms with E-state index in [1.165, 1.54) is 13.8 Å². The Kier molecular flexibility index (Phi) is 8.17. The molecule has 2 aromatic carbocycles. The van der Waals surface area contributed by atoms with Crippen LogP contribution in [0.3, 0.4) is 0 Å². The number of benzene rings is 2. The molecule has 2 unspecified atom stereocenters. The number of esters is 2. The van der Waals surface area contributed by atoms with Gasteiger partial charge in [0.15, 0.2) is 0 Å². The second-order valence-corrected chi connectivity index (χ2v) is 6.25. The minimum Gasteiger partial charge on any atom is -0.454 e. The van der Waals surface area contributed by atoms with Gasteiger partial charge in [0.05, 0.1) is 10.0 Å². The van der Waals surface area contributed by atoms with Gasteiger partial charge >= 0.3 is 11.9 Å². The van der Waals surface area contributed by atoms with Gasteiger partial charge in [-0.3, -0.25) is 0 Å². The van der Waals surface area contributed by atoms with Crippen molar-refractivity contribution in [3.63, 3.8) is 0 Å². The van der Waals surface area contributed by atoms with Crippen molar-refractivity contribution in [2.24, 2.45) is 0 Å². The minimum atomic E-state index is -0.907. The van der Waals surface area contributed by atoms with Crippen LogP contribution in [0.15, 0.2) is 60.7 Å². The Balaban J connectivity index is 1.78. The van der Waals surface area contributed by atoms with Crippen molar-refractivity contribution in [2.75, 3.05) is 0 Å². The van der Waals surface area contributed by atoms with Gasteiger partial charge in [0.2, 0.25) is 12.6 Å². The molecule has 0 saturated heterocycles. The van der Waals surface area contributed by atoms with Crippen LogP contribution in [-0.2, 0) is 19.1 Å². The van der Waals surface area contributed by atoms with Crippen LogP contribution >= 0.6 is 23.2 Å². The van der Waals surface area contributed by atoms with Gasteiger partial charge < -0.3 is 18.9 Å². The average molecular weight is 425 g/mol. The average Bonchev–Trinajstić information content (AvgIpc) is 2.64. The molecule has 0 N–H and O–H groups in total. The Labute approximate surface area is 172 Å². The van der Waals surface area contributed by atoms with Crippen molar-refractivity contribution < 1.29 is 28.5 Å². The highest BCUT2D eigenvalue weighted by Gasteiger charge is 2.13. The predicted octanol–water partition coefficient (Wildman–Crippen LogP) is 4.79. The van der Waals surface area contributed by atoms with Gasteiger partial charge in [-0.15, -0.1) is 0 Å². The quantitative estimate of drug-likeness (QED) is 0.344. The molecule has 148 valence electrons. The van der Waals surface area contributed by atoms with Gasteiger partial charge in [-0.2, -0.15) is 0 Å². The van der Waals surface area contributed by atoms with Crippen LogP contribution in [0.1, 0.15) is 13.8 Å². The van der Waals surface area contributed by atoms with Crippen LogP contribution in [0.2, 0.25) is 10.0 Å². The molecule has 0 radical (unpaired) electrons. The summed E-state index contributed by atoms with van der Waals surface area (Å²) < 4.78 is 20.8. The fraction of sp³-hybridized carbons (Fsp3) is 0.200. The maximum absolute atomic E-state index is 11.8. The van der Waals surface area contributed by atoms with Crippen molar-refractivity contribution >= 4 is 35.1 Å². The van der Waals surface area contributed by atoms with E-state index in [2.05, 4.69) is 0 Å². The SMILES string of the molecule is CC(OC(=O)C=CC(=O)OC(C)Oc1ccccc1Cl)Oc1ccccc1Cl. The summed E-state index contributed by atoms with van der Waals surface area (Å²) >= 11 is 11.9. The van der Waals surface area contributed by atoms with E-state index in [-0.39, 0.29) is 0 Å². The molecule has 0 aromatic heterocycles. The van der Waals surface area contributed by atoms with Gasteiger partial charge in [-0.25, -0.2) is 9.59 Å². The van der Waals surface area contributed by atoms with Gasteiger partial charge in [0.25, 0.3) is 0 Å². The zero-order chi connectivity index (χ0) is 20.5. The molecule has 0 aliphatic rings. The maximum atomic E-state index is 11.8. The maximum Gasteiger partial charge on any atom is 0.334 e. The van der Waals surface area contributed by atoms with E-state index in [4.69, 9.17) is 42.1 Å². The molecule has 0 spiro atoms. The second kappa shape index (κ2) is 10.6. The first-order valence-electron chi connectivity index (χ1n) is 8.27. The molecule has 2 aromatic rings. The summed E-state index contributed by atoms with van der Waals surface area (Å²) in [5, 5.41) is 0.772. The summed E-state index contributed by atoms with van der Waals surface area (Å²) in [6.45, 7) is 3.04. The van der Waals surface area contributed by atoms with Crippen molar-refractivity contribution in [3.05, 3.63) is 70.7 Å². The number of carbonyl (C=O) groups is 2. The van der Waals surface area contributed by atoms with E-state index in [9.17, 15) is 9.59 Å². The predicted molar refractivity (Wildman–Crippen MR) is 104 cm³/mol. The largest absolute Gasteiger partial charge is 0.454 e. The van der Waals surface area contributed by atoms with Gasteiger partial charge in [-0.05, 0) is 24.3 Å². The molecule has 0 amide bonds. The Morgan fingerprint density at radius 2 is 1.11 bits per heavy atom. The number of ether oxygens (including phenoxy) is 4. The summed E-state index contributed by atoms with van der Waals surface area (Å²) in [6.07, 6.45) is 0.0414. The highest BCUT2D eigenvalue weighted by atomic mass is 35.5. The van der Waals surface area contributed by atoms with Crippen LogP contribution in [0, 0.1) is 0 Å². The molecule has 0 fully saturated rings. The first kappa shape index (κ1) is 21.6. The van der Waals surface area contributed by atoms with Crippen LogP contribution in [0.5, 0.6) is 11.5 Å². The normalized spacial score (nSPS) is 12.9. The van der Waals surface area contributed by atoms with Crippen LogP contribution in [-0.4, -0.2) is 24.5 Å². The van der Waals surface area contributed by atoms with Crippen molar-refractivity contribution in [1.82, 2.24) is 0 Å². The number of carbonyl (C=O) groups excluding carboxylic acids is 2. The number of hydrogen-bond donors (Lipinski definition) is 0. The highest BCUT2D eigenvalue weighted by molar-refractivity contribution is 6.32. The van der Waals surface area contributed by atoms with Gasteiger partial charge in [0.1, 0.15) is 11.5 Å². The van der Waals surface area contributed by atoms with Gasteiger partial charge in [-0.1, -0.05) is 47.5 Å². The first-order valence-corrected chi connectivity index (χ1v) is 9.02. The lowest BCUT2D eigenvalue weighted by atomic mass is 10.3. The van der Waals surface area contributed by atoms with Crippen LogP contribution in [0.4, 0.5) is 0 Å². The molecule has 0 saturated carbocycles. The fourth-order valence-electron chi connectivity index (χ4n) is 2.03. The van der Waals surface area contributed by atoms with E-state index >= 15 is 0 Å². The third kappa shape index (κ3) is 7.13. The lowest BCUT2D eigenvalue weighted by Crippen LogP contribution is -2.21. The molecule has 0 aliphatic carbocycles. The van der Waals surface area contributed by atoms with Crippen molar-refractivity contribution in [1.29, 1.82) is 0 Å². The molecule has 2 rings (SSSR count). The summed E-state index contributed by atoms with van der Waals surface area (Å²) in [6, 6.07) is 13.5. The number of para-hydroxylation sites is 2. The third-order valence-corrected chi connectivity index (χ3v) is 3.80. The number of hydrogen-bond acceptors (Lipinski definition) is 6. The van der Waals surface area contributed by atoms with E-state index in [1.54, 1.807) is 48.5 Å². The fourth-order valence-corrected chi connectivity index (χ4v) is 2.39. The van der Waals surface area contributed by atoms with Crippen LogP contribution in [0.25, 0.3) is 0 Å².